The van der Waals surface area contributed by atoms with Gasteiger partial charge in [-0.25, -0.2) is 4.68 Å². The van der Waals surface area contributed by atoms with E-state index in [1.165, 1.54) is 12.3 Å². The van der Waals surface area contributed by atoms with Gasteiger partial charge in [-0.2, -0.15) is 5.10 Å². The molecule has 1 aromatic heterocycles. The summed E-state index contributed by atoms with van der Waals surface area (Å²) in [6.45, 7) is 5.49. The number of carboxylic acid groups (broad SMARTS) is 1. The SMILES string of the molecule is CC1(C)CN(c2cnn(CC(=O)O)c(=O)c2)CCO1. The molecule has 1 aromatic rings. The summed E-state index contributed by atoms with van der Waals surface area (Å²) in [5.41, 5.74) is 0.0148. The molecule has 0 spiro atoms. The predicted molar refractivity (Wildman–Crippen MR) is 68.4 cm³/mol. The first-order chi connectivity index (χ1) is 8.87. The Morgan fingerprint density at radius 2 is 2.32 bits per heavy atom. The Morgan fingerprint density at radius 1 is 1.58 bits per heavy atom. The Kier molecular flexibility index (Phi) is 3.57. The highest BCUT2D eigenvalue weighted by molar-refractivity contribution is 5.66. The van der Waals surface area contributed by atoms with Gasteiger partial charge in [0.15, 0.2) is 0 Å². The van der Waals surface area contributed by atoms with E-state index in [1.807, 2.05) is 18.7 Å². The first kappa shape index (κ1) is 13.5. The van der Waals surface area contributed by atoms with Gasteiger partial charge in [-0.1, -0.05) is 0 Å². The molecule has 1 aliphatic heterocycles. The zero-order valence-corrected chi connectivity index (χ0v) is 11.0. The highest BCUT2D eigenvalue weighted by Crippen LogP contribution is 2.21. The van der Waals surface area contributed by atoms with Gasteiger partial charge < -0.3 is 14.7 Å². The molecule has 0 unspecified atom stereocenters. The fourth-order valence-corrected chi connectivity index (χ4v) is 2.08. The standard InChI is InChI=1S/C12H17N3O4/c1-12(2)8-14(3-4-19-12)9-5-10(16)15(13-6-9)7-11(17)18/h5-6H,3-4,7-8H2,1-2H3,(H,17,18). The average molecular weight is 267 g/mol. The highest BCUT2D eigenvalue weighted by atomic mass is 16.5. The molecule has 0 atom stereocenters. The molecule has 19 heavy (non-hydrogen) atoms. The van der Waals surface area contributed by atoms with Gasteiger partial charge in [-0.05, 0) is 13.8 Å². The van der Waals surface area contributed by atoms with Crippen molar-refractivity contribution in [3.8, 4) is 0 Å². The van der Waals surface area contributed by atoms with Crippen molar-refractivity contribution in [2.75, 3.05) is 24.6 Å². The van der Waals surface area contributed by atoms with Crippen molar-refractivity contribution < 1.29 is 14.6 Å². The quantitative estimate of drug-likeness (QED) is 0.826. The van der Waals surface area contributed by atoms with Crippen molar-refractivity contribution in [2.24, 2.45) is 0 Å². The van der Waals surface area contributed by atoms with E-state index in [0.29, 0.717) is 25.4 Å². The van der Waals surface area contributed by atoms with Crippen molar-refractivity contribution in [3.63, 3.8) is 0 Å². The molecular weight excluding hydrogens is 250 g/mol. The normalized spacial score (nSPS) is 18.3. The van der Waals surface area contributed by atoms with E-state index in [2.05, 4.69) is 5.10 Å². The third kappa shape index (κ3) is 3.31. The van der Waals surface area contributed by atoms with Crippen molar-refractivity contribution in [3.05, 3.63) is 22.6 Å². The summed E-state index contributed by atoms with van der Waals surface area (Å²) >= 11 is 0. The molecule has 1 fully saturated rings. The number of morpholine rings is 1. The Morgan fingerprint density at radius 3 is 2.89 bits per heavy atom. The van der Waals surface area contributed by atoms with Gasteiger partial charge in [-0.3, -0.25) is 9.59 Å². The molecule has 1 N–H and O–H groups in total. The van der Waals surface area contributed by atoms with Crippen LogP contribution >= 0.6 is 0 Å². The van der Waals surface area contributed by atoms with Crippen LogP contribution in [0.3, 0.4) is 0 Å². The van der Waals surface area contributed by atoms with Gasteiger partial charge in [0.2, 0.25) is 0 Å². The van der Waals surface area contributed by atoms with E-state index in [-0.39, 0.29) is 5.60 Å². The monoisotopic (exact) mass is 267 g/mol. The number of hydrogen-bond donors (Lipinski definition) is 1. The fourth-order valence-electron chi connectivity index (χ4n) is 2.08. The van der Waals surface area contributed by atoms with Crippen LogP contribution in [-0.4, -0.2) is 46.2 Å². The molecule has 1 saturated heterocycles. The number of carboxylic acids is 1. The second kappa shape index (κ2) is 5.00. The summed E-state index contributed by atoms with van der Waals surface area (Å²) in [4.78, 5) is 24.3. The van der Waals surface area contributed by atoms with Crippen molar-refractivity contribution >= 4 is 11.7 Å². The Balaban J connectivity index is 2.20. The first-order valence-electron chi connectivity index (χ1n) is 6.05. The summed E-state index contributed by atoms with van der Waals surface area (Å²) in [5.74, 6) is -1.09. The number of carbonyl (C=O) groups is 1. The topological polar surface area (TPSA) is 84.7 Å². The lowest BCUT2D eigenvalue weighted by Crippen LogP contribution is -2.48. The first-order valence-corrected chi connectivity index (χ1v) is 6.05. The lowest BCUT2D eigenvalue weighted by molar-refractivity contribution is -0.138. The maximum Gasteiger partial charge on any atom is 0.325 e. The summed E-state index contributed by atoms with van der Waals surface area (Å²) < 4.78 is 6.53. The molecule has 0 aliphatic carbocycles. The molecule has 7 heteroatoms. The third-order valence-electron chi connectivity index (χ3n) is 2.93. The molecule has 104 valence electrons. The minimum absolute atomic E-state index is 0.270. The fraction of sp³-hybridized carbons (Fsp3) is 0.583. The van der Waals surface area contributed by atoms with Gasteiger partial charge in [0, 0.05) is 19.2 Å². The van der Waals surface area contributed by atoms with Gasteiger partial charge in [0.25, 0.3) is 5.56 Å². The Labute approximate surface area is 110 Å². The summed E-state index contributed by atoms with van der Waals surface area (Å²) in [6.07, 6.45) is 1.52. The largest absolute Gasteiger partial charge is 0.480 e. The van der Waals surface area contributed by atoms with Crippen LogP contribution in [0.4, 0.5) is 5.69 Å². The van der Waals surface area contributed by atoms with Crippen LogP contribution in [0.1, 0.15) is 13.8 Å². The van der Waals surface area contributed by atoms with Crippen LogP contribution in [0.15, 0.2) is 17.1 Å². The maximum absolute atomic E-state index is 11.8. The number of aliphatic carboxylic acids is 1. The van der Waals surface area contributed by atoms with Crippen LogP contribution in [0.5, 0.6) is 0 Å². The minimum atomic E-state index is -1.09. The van der Waals surface area contributed by atoms with Crippen molar-refractivity contribution in [1.29, 1.82) is 0 Å². The molecule has 0 aromatic carbocycles. The second-order valence-electron chi connectivity index (χ2n) is 5.13. The van der Waals surface area contributed by atoms with Crippen molar-refractivity contribution in [2.45, 2.75) is 26.0 Å². The molecule has 0 saturated carbocycles. The van der Waals surface area contributed by atoms with Gasteiger partial charge in [-0.15, -0.1) is 0 Å². The Bertz CT molecular complexity index is 538. The summed E-state index contributed by atoms with van der Waals surface area (Å²) in [6, 6.07) is 1.41. The van der Waals surface area contributed by atoms with Crippen LogP contribution in [0.25, 0.3) is 0 Å². The predicted octanol–water partition coefficient (Wildman–Crippen LogP) is -0.0569. The summed E-state index contributed by atoms with van der Waals surface area (Å²) in [5, 5.41) is 12.5. The number of nitrogens with zero attached hydrogens (tertiary/aromatic N) is 3. The maximum atomic E-state index is 11.8. The number of anilines is 1. The van der Waals surface area contributed by atoms with E-state index >= 15 is 0 Å². The minimum Gasteiger partial charge on any atom is -0.480 e. The molecule has 1 aliphatic rings. The van der Waals surface area contributed by atoms with E-state index in [9.17, 15) is 9.59 Å². The second-order valence-corrected chi connectivity index (χ2v) is 5.13. The van der Waals surface area contributed by atoms with Gasteiger partial charge >= 0.3 is 5.97 Å². The molecule has 2 heterocycles. The van der Waals surface area contributed by atoms with Gasteiger partial charge in [0.1, 0.15) is 6.54 Å². The molecule has 7 nitrogen and oxygen atoms in total. The number of aromatic nitrogens is 2. The molecule has 0 amide bonds. The number of hydrogen-bond acceptors (Lipinski definition) is 5. The van der Waals surface area contributed by atoms with Gasteiger partial charge in [0.05, 0.1) is 24.1 Å². The van der Waals surface area contributed by atoms with Crippen LogP contribution < -0.4 is 10.5 Å². The van der Waals surface area contributed by atoms with Crippen molar-refractivity contribution in [1.82, 2.24) is 9.78 Å². The molecule has 0 bridgehead atoms. The number of ether oxygens (including phenoxy) is 1. The molecule has 2 rings (SSSR count). The molecule has 0 radical (unpaired) electrons. The van der Waals surface area contributed by atoms with E-state index in [4.69, 9.17) is 9.84 Å². The lowest BCUT2D eigenvalue weighted by atomic mass is 10.1. The molecular formula is C12H17N3O4. The van der Waals surface area contributed by atoms with E-state index in [1.54, 1.807) is 0 Å². The number of rotatable bonds is 3. The third-order valence-corrected chi connectivity index (χ3v) is 2.93. The smallest absolute Gasteiger partial charge is 0.325 e. The highest BCUT2D eigenvalue weighted by Gasteiger charge is 2.27. The average Bonchev–Trinajstić information content (AvgIpc) is 2.30. The van der Waals surface area contributed by atoms with Crippen LogP contribution in [0, 0.1) is 0 Å². The van der Waals surface area contributed by atoms with Crippen LogP contribution in [-0.2, 0) is 16.1 Å². The lowest BCUT2D eigenvalue weighted by Gasteiger charge is -2.39. The zero-order chi connectivity index (χ0) is 14.0. The zero-order valence-electron chi connectivity index (χ0n) is 11.0. The van der Waals surface area contributed by atoms with Crippen LogP contribution in [0.2, 0.25) is 0 Å². The Hall–Kier alpha value is -1.89. The summed E-state index contributed by atoms with van der Waals surface area (Å²) in [7, 11) is 0. The van der Waals surface area contributed by atoms with E-state index < -0.39 is 18.1 Å². The van der Waals surface area contributed by atoms with E-state index in [0.717, 1.165) is 4.68 Å².